The van der Waals surface area contributed by atoms with Gasteiger partial charge in [-0.2, -0.15) is 0 Å². The summed E-state index contributed by atoms with van der Waals surface area (Å²) in [7, 11) is 0. The quantitative estimate of drug-likeness (QED) is 0.735. The first-order valence-electron chi connectivity index (χ1n) is 6.36. The topological polar surface area (TPSA) is 54.0 Å². The van der Waals surface area contributed by atoms with Gasteiger partial charge >= 0.3 is 0 Å². The van der Waals surface area contributed by atoms with Crippen molar-refractivity contribution in [2.24, 2.45) is 0 Å². The molecule has 0 unspecified atom stereocenters. The van der Waals surface area contributed by atoms with Crippen LogP contribution in [0.5, 0.6) is 0 Å². The zero-order valence-corrected chi connectivity index (χ0v) is 11.4. The highest BCUT2D eigenvalue weighted by molar-refractivity contribution is 7.99. The number of nitrogens with one attached hydrogen (secondary N) is 2. The SMILES string of the molecule is CCNCc1cccnc1SCC(=O)NC1CC1. The minimum atomic E-state index is 0.113. The minimum Gasteiger partial charge on any atom is -0.353 e. The Bertz CT molecular complexity index is 407. The van der Waals surface area contributed by atoms with E-state index in [1.807, 2.05) is 6.07 Å². The summed E-state index contributed by atoms with van der Waals surface area (Å²) in [4.78, 5) is 16.0. The van der Waals surface area contributed by atoms with E-state index in [0.717, 1.165) is 36.5 Å². The Balaban J connectivity index is 1.84. The van der Waals surface area contributed by atoms with Crippen LogP contribution in [-0.2, 0) is 11.3 Å². The molecule has 1 saturated carbocycles. The molecular weight excluding hydrogens is 246 g/mol. The van der Waals surface area contributed by atoms with Crippen molar-refractivity contribution in [2.75, 3.05) is 12.3 Å². The average Bonchev–Trinajstić information content (AvgIpc) is 3.18. The van der Waals surface area contributed by atoms with Gasteiger partial charge in [0.25, 0.3) is 0 Å². The Hall–Kier alpha value is -1.07. The number of pyridine rings is 1. The van der Waals surface area contributed by atoms with Crippen LogP contribution in [0.2, 0.25) is 0 Å². The molecule has 2 N–H and O–H groups in total. The fourth-order valence-corrected chi connectivity index (χ4v) is 2.39. The van der Waals surface area contributed by atoms with Crippen LogP contribution in [0.4, 0.5) is 0 Å². The second kappa shape index (κ2) is 6.75. The molecule has 2 rings (SSSR count). The van der Waals surface area contributed by atoms with Crippen molar-refractivity contribution >= 4 is 17.7 Å². The monoisotopic (exact) mass is 265 g/mol. The van der Waals surface area contributed by atoms with Gasteiger partial charge in [0.15, 0.2) is 0 Å². The van der Waals surface area contributed by atoms with Gasteiger partial charge in [0.1, 0.15) is 5.03 Å². The summed E-state index contributed by atoms with van der Waals surface area (Å²) in [5, 5.41) is 7.21. The summed E-state index contributed by atoms with van der Waals surface area (Å²) in [6.07, 6.45) is 4.04. The molecule has 1 heterocycles. The highest BCUT2D eigenvalue weighted by Gasteiger charge is 2.23. The van der Waals surface area contributed by atoms with Gasteiger partial charge in [-0.1, -0.05) is 24.8 Å². The number of rotatable bonds is 7. The Kier molecular flexibility index (Phi) is 5.01. The molecule has 0 aromatic carbocycles. The third kappa shape index (κ3) is 4.31. The largest absolute Gasteiger partial charge is 0.353 e. The lowest BCUT2D eigenvalue weighted by molar-refractivity contribution is -0.118. The van der Waals surface area contributed by atoms with Crippen molar-refractivity contribution in [3.63, 3.8) is 0 Å². The molecule has 0 saturated heterocycles. The highest BCUT2D eigenvalue weighted by atomic mass is 32.2. The van der Waals surface area contributed by atoms with E-state index in [1.54, 1.807) is 6.20 Å². The van der Waals surface area contributed by atoms with Crippen LogP contribution >= 0.6 is 11.8 Å². The second-order valence-corrected chi connectivity index (χ2v) is 5.34. The normalized spacial score (nSPS) is 14.5. The van der Waals surface area contributed by atoms with E-state index in [1.165, 1.54) is 11.8 Å². The van der Waals surface area contributed by atoms with Gasteiger partial charge in [0.2, 0.25) is 5.91 Å². The fraction of sp³-hybridized carbons (Fsp3) is 0.538. The van der Waals surface area contributed by atoms with Gasteiger partial charge in [-0.05, 0) is 31.0 Å². The van der Waals surface area contributed by atoms with Crippen LogP contribution in [0.3, 0.4) is 0 Å². The number of amides is 1. The molecule has 1 aromatic heterocycles. The number of nitrogens with zero attached hydrogens (tertiary/aromatic N) is 1. The number of hydrogen-bond acceptors (Lipinski definition) is 4. The summed E-state index contributed by atoms with van der Waals surface area (Å²) < 4.78 is 0. The molecular formula is C13H19N3OS. The molecule has 0 radical (unpaired) electrons. The summed E-state index contributed by atoms with van der Waals surface area (Å²) in [5.41, 5.74) is 1.16. The molecule has 0 aliphatic heterocycles. The average molecular weight is 265 g/mol. The van der Waals surface area contributed by atoms with E-state index in [2.05, 4.69) is 28.6 Å². The van der Waals surface area contributed by atoms with Crippen molar-refractivity contribution in [1.82, 2.24) is 15.6 Å². The predicted octanol–water partition coefficient (Wildman–Crippen LogP) is 1.56. The van der Waals surface area contributed by atoms with Crippen molar-refractivity contribution in [2.45, 2.75) is 37.4 Å². The third-order valence-corrected chi connectivity index (χ3v) is 3.75. The molecule has 4 nitrogen and oxygen atoms in total. The summed E-state index contributed by atoms with van der Waals surface area (Å²) in [5.74, 6) is 0.565. The summed E-state index contributed by atoms with van der Waals surface area (Å²) in [6.45, 7) is 3.81. The first-order valence-corrected chi connectivity index (χ1v) is 7.35. The zero-order valence-electron chi connectivity index (χ0n) is 10.6. The molecule has 5 heteroatoms. The van der Waals surface area contributed by atoms with E-state index in [0.29, 0.717) is 11.8 Å². The molecule has 1 aliphatic carbocycles. The molecule has 0 atom stereocenters. The van der Waals surface area contributed by atoms with Gasteiger partial charge in [-0.3, -0.25) is 4.79 Å². The Labute approximate surface area is 112 Å². The first-order chi connectivity index (χ1) is 8.79. The Morgan fingerprint density at radius 1 is 1.56 bits per heavy atom. The van der Waals surface area contributed by atoms with Crippen LogP contribution in [-0.4, -0.2) is 29.2 Å². The second-order valence-electron chi connectivity index (χ2n) is 4.38. The maximum atomic E-state index is 11.6. The summed E-state index contributed by atoms with van der Waals surface area (Å²) in [6, 6.07) is 4.42. The lowest BCUT2D eigenvalue weighted by atomic mass is 10.3. The van der Waals surface area contributed by atoms with Crippen molar-refractivity contribution < 1.29 is 4.79 Å². The number of carbonyl (C=O) groups is 1. The van der Waals surface area contributed by atoms with Gasteiger partial charge in [-0.25, -0.2) is 4.98 Å². The Morgan fingerprint density at radius 2 is 2.39 bits per heavy atom. The van der Waals surface area contributed by atoms with Crippen molar-refractivity contribution in [3.8, 4) is 0 Å². The maximum Gasteiger partial charge on any atom is 0.230 e. The van der Waals surface area contributed by atoms with Gasteiger partial charge in [0, 0.05) is 18.8 Å². The van der Waals surface area contributed by atoms with Gasteiger partial charge < -0.3 is 10.6 Å². The Morgan fingerprint density at radius 3 is 3.11 bits per heavy atom. The van der Waals surface area contributed by atoms with Gasteiger partial charge in [0.05, 0.1) is 5.75 Å². The van der Waals surface area contributed by atoms with E-state index >= 15 is 0 Å². The summed E-state index contributed by atoms with van der Waals surface area (Å²) >= 11 is 1.51. The molecule has 18 heavy (non-hydrogen) atoms. The van der Waals surface area contributed by atoms with Crippen LogP contribution < -0.4 is 10.6 Å². The van der Waals surface area contributed by atoms with Crippen LogP contribution in [0.1, 0.15) is 25.3 Å². The minimum absolute atomic E-state index is 0.113. The maximum absolute atomic E-state index is 11.6. The number of aromatic nitrogens is 1. The van der Waals surface area contributed by atoms with E-state index in [9.17, 15) is 4.79 Å². The van der Waals surface area contributed by atoms with Crippen LogP contribution in [0, 0.1) is 0 Å². The predicted molar refractivity (Wildman–Crippen MR) is 73.5 cm³/mol. The number of thioether (sulfide) groups is 1. The van der Waals surface area contributed by atoms with E-state index in [4.69, 9.17) is 0 Å². The third-order valence-electron chi connectivity index (χ3n) is 2.70. The smallest absolute Gasteiger partial charge is 0.230 e. The van der Waals surface area contributed by atoms with Crippen LogP contribution in [0.15, 0.2) is 23.4 Å². The standard InChI is InChI=1S/C13H19N3OS/c1-2-14-8-10-4-3-7-15-13(10)18-9-12(17)16-11-5-6-11/h3-4,7,11,14H,2,5-6,8-9H2,1H3,(H,16,17). The molecule has 1 aliphatic rings. The molecule has 1 amide bonds. The van der Waals surface area contributed by atoms with Crippen LogP contribution in [0.25, 0.3) is 0 Å². The lowest BCUT2D eigenvalue weighted by Crippen LogP contribution is -2.27. The zero-order chi connectivity index (χ0) is 12.8. The molecule has 0 spiro atoms. The van der Waals surface area contributed by atoms with Gasteiger partial charge in [-0.15, -0.1) is 0 Å². The molecule has 1 aromatic rings. The van der Waals surface area contributed by atoms with Crippen molar-refractivity contribution in [3.05, 3.63) is 23.9 Å². The van der Waals surface area contributed by atoms with Crippen molar-refractivity contribution in [1.29, 1.82) is 0 Å². The highest BCUT2D eigenvalue weighted by Crippen LogP contribution is 2.21. The number of hydrogen-bond donors (Lipinski definition) is 2. The number of carbonyl (C=O) groups excluding carboxylic acids is 1. The molecule has 0 bridgehead atoms. The molecule has 1 fully saturated rings. The first kappa shape index (κ1) is 13.4. The van der Waals surface area contributed by atoms with E-state index in [-0.39, 0.29) is 5.91 Å². The fourth-order valence-electron chi connectivity index (χ4n) is 1.58. The van der Waals surface area contributed by atoms with E-state index < -0.39 is 0 Å². The lowest BCUT2D eigenvalue weighted by Gasteiger charge is -2.08. The molecule has 98 valence electrons.